The van der Waals surface area contributed by atoms with Crippen molar-refractivity contribution in [3.8, 4) is 10.4 Å². The minimum absolute atomic E-state index is 0.235. The van der Waals surface area contributed by atoms with Crippen LogP contribution in [0, 0.1) is 6.92 Å². The molecule has 0 spiro atoms. The summed E-state index contributed by atoms with van der Waals surface area (Å²) in [5, 5.41) is 21.1. The van der Waals surface area contributed by atoms with Crippen LogP contribution < -0.4 is 5.32 Å². The van der Waals surface area contributed by atoms with Gasteiger partial charge in [0.1, 0.15) is 0 Å². The van der Waals surface area contributed by atoms with Gasteiger partial charge in [-0.3, -0.25) is 0 Å². The van der Waals surface area contributed by atoms with E-state index in [1.54, 1.807) is 0 Å². The summed E-state index contributed by atoms with van der Waals surface area (Å²) in [5.41, 5.74) is 3.04. The van der Waals surface area contributed by atoms with E-state index in [1.807, 2.05) is 37.3 Å². The molecule has 0 aliphatic heterocycles. The molecule has 0 aliphatic carbocycles. The van der Waals surface area contributed by atoms with Gasteiger partial charge in [-0.1, -0.05) is 12.1 Å². The van der Waals surface area contributed by atoms with Crippen molar-refractivity contribution in [1.82, 2.24) is 4.37 Å². The SMILES string of the molecule is Cc1cc(-c2cccc(NCC(O)CO)c2)sn1. The highest BCUT2D eigenvalue weighted by Gasteiger charge is 2.04. The van der Waals surface area contributed by atoms with Crippen molar-refractivity contribution in [2.75, 3.05) is 18.5 Å². The van der Waals surface area contributed by atoms with E-state index in [1.165, 1.54) is 11.5 Å². The molecule has 1 unspecified atom stereocenters. The van der Waals surface area contributed by atoms with Crippen LogP contribution >= 0.6 is 11.5 Å². The molecule has 96 valence electrons. The molecule has 0 amide bonds. The van der Waals surface area contributed by atoms with Crippen LogP contribution in [0.5, 0.6) is 0 Å². The van der Waals surface area contributed by atoms with Crippen molar-refractivity contribution in [2.45, 2.75) is 13.0 Å². The lowest BCUT2D eigenvalue weighted by Crippen LogP contribution is -2.22. The third kappa shape index (κ3) is 3.29. The zero-order valence-corrected chi connectivity index (χ0v) is 10.9. The number of aliphatic hydroxyl groups is 2. The maximum absolute atomic E-state index is 9.29. The second kappa shape index (κ2) is 5.95. The number of hydrogen-bond donors (Lipinski definition) is 3. The Kier molecular flexibility index (Phi) is 4.30. The molecule has 0 fully saturated rings. The van der Waals surface area contributed by atoms with Crippen molar-refractivity contribution in [3.63, 3.8) is 0 Å². The average Bonchev–Trinajstić information content (AvgIpc) is 2.83. The smallest absolute Gasteiger partial charge is 0.0942 e. The molecule has 1 aromatic heterocycles. The quantitative estimate of drug-likeness (QED) is 0.771. The standard InChI is InChI=1S/C13H16N2O2S/c1-9-5-13(18-15-9)10-3-2-4-11(6-10)14-7-12(17)8-16/h2-6,12,14,16-17H,7-8H2,1H3. The van der Waals surface area contributed by atoms with Gasteiger partial charge < -0.3 is 15.5 Å². The predicted octanol–water partition coefficient (Wildman–Crippen LogP) is 1.88. The van der Waals surface area contributed by atoms with E-state index in [-0.39, 0.29) is 6.61 Å². The van der Waals surface area contributed by atoms with Gasteiger partial charge in [-0.15, -0.1) is 0 Å². The maximum Gasteiger partial charge on any atom is 0.0942 e. The topological polar surface area (TPSA) is 65.4 Å². The first-order valence-electron chi connectivity index (χ1n) is 5.75. The summed E-state index contributed by atoms with van der Waals surface area (Å²) in [6, 6.07) is 9.98. The Bertz CT molecular complexity index is 513. The third-order valence-electron chi connectivity index (χ3n) is 2.53. The van der Waals surface area contributed by atoms with Gasteiger partial charge in [0.15, 0.2) is 0 Å². The maximum atomic E-state index is 9.29. The number of aliphatic hydroxyl groups excluding tert-OH is 2. The first kappa shape index (κ1) is 13.0. The molecule has 3 N–H and O–H groups in total. The summed E-state index contributed by atoms with van der Waals surface area (Å²) in [6.45, 7) is 2.07. The van der Waals surface area contributed by atoms with Gasteiger partial charge in [0.2, 0.25) is 0 Å². The molecule has 0 saturated heterocycles. The van der Waals surface area contributed by atoms with Crippen LogP contribution in [0.4, 0.5) is 5.69 Å². The second-order valence-electron chi connectivity index (χ2n) is 4.13. The number of benzene rings is 1. The number of nitrogens with zero attached hydrogens (tertiary/aromatic N) is 1. The normalized spacial score (nSPS) is 12.4. The molecule has 0 aliphatic rings. The van der Waals surface area contributed by atoms with E-state index in [9.17, 15) is 5.11 Å². The average molecular weight is 264 g/mol. The number of aromatic nitrogens is 1. The van der Waals surface area contributed by atoms with Gasteiger partial charge in [0.25, 0.3) is 0 Å². The molecule has 0 bridgehead atoms. The van der Waals surface area contributed by atoms with Crippen LogP contribution in [0.15, 0.2) is 30.3 Å². The molecule has 18 heavy (non-hydrogen) atoms. The molecule has 2 aromatic rings. The third-order valence-corrected chi connectivity index (χ3v) is 3.46. The first-order chi connectivity index (χ1) is 8.69. The Hall–Kier alpha value is -1.43. The van der Waals surface area contributed by atoms with Crippen LogP contribution in [-0.4, -0.2) is 33.8 Å². The number of nitrogens with one attached hydrogen (secondary N) is 1. The molecule has 1 heterocycles. The van der Waals surface area contributed by atoms with Crippen molar-refractivity contribution in [1.29, 1.82) is 0 Å². The molecule has 0 saturated carbocycles. The van der Waals surface area contributed by atoms with E-state index in [2.05, 4.69) is 9.69 Å². The van der Waals surface area contributed by atoms with E-state index < -0.39 is 6.10 Å². The van der Waals surface area contributed by atoms with Gasteiger partial charge >= 0.3 is 0 Å². The van der Waals surface area contributed by atoms with Crippen LogP contribution in [0.25, 0.3) is 10.4 Å². The highest BCUT2D eigenvalue weighted by Crippen LogP contribution is 2.26. The molecular weight excluding hydrogens is 248 g/mol. The Morgan fingerprint density at radius 3 is 2.89 bits per heavy atom. The monoisotopic (exact) mass is 264 g/mol. The highest BCUT2D eigenvalue weighted by molar-refractivity contribution is 7.09. The van der Waals surface area contributed by atoms with Crippen molar-refractivity contribution >= 4 is 17.2 Å². The van der Waals surface area contributed by atoms with Gasteiger partial charge in [-0.05, 0) is 42.2 Å². The van der Waals surface area contributed by atoms with E-state index in [0.717, 1.165) is 21.8 Å². The van der Waals surface area contributed by atoms with Crippen LogP contribution in [0.2, 0.25) is 0 Å². The van der Waals surface area contributed by atoms with Gasteiger partial charge in [0.05, 0.1) is 23.3 Å². The van der Waals surface area contributed by atoms with Crippen LogP contribution in [0.3, 0.4) is 0 Å². The van der Waals surface area contributed by atoms with E-state index in [0.29, 0.717) is 6.54 Å². The fourth-order valence-electron chi connectivity index (χ4n) is 1.58. The van der Waals surface area contributed by atoms with Crippen LogP contribution in [-0.2, 0) is 0 Å². The number of hydrogen-bond acceptors (Lipinski definition) is 5. The van der Waals surface area contributed by atoms with Crippen LogP contribution in [0.1, 0.15) is 5.69 Å². The lowest BCUT2D eigenvalue weighted by atomic mass is 10.1. The van der Waals surface area contributed by atoms with Crippen molar-refractivity contribution in [2.24, 2.45) is 0 Å². The van der Waals surface area contributed by atoms with E-state index >= 15 is 0 Å². The summed E-state index contributed by atoms with van der Waals surface area (Å²) < 4.78 is 4.26. The fraction of sp³-hybridized carbons (Fsp3) is 0.308. The summed E-state index contributed by atoms with van der Waals surface area (Å²) >= 11 is 1.47. The largest absolute Gasteiger partial charge is 0.394 e. The summed E-state index contributed by atoms with van der Waals surface area (Å²) in [7, 11) is 0. The second-order valence-corrected chi connectivity index (χ2v) is 4.94. The fourth-order valence-corrected chi connectivity index (χ4v) is 2.33. The van der Waals surface area contributed by atoms with Gasteiger partial charge in [0, 0.05) is 12.2 Å². The molecule has 2 rings (SSSR count). The van der Waals surface area contributed by atoms with E-state index in [4.69, 9.17) is 5.11 Å². The summed E-state index contributed by atoms with van der Waals surface area (Å²) in [6.07, 6.45) is -0.737. The van der Waals surface area contributed by atoms with Gasteiger partial charge in [-0.2, -0.15) is 4.37 Å². The van der Waals surface area contributed by atoms with Crippen molar-refractivity contribution < 1.29 is 10.2 Å². The number of rotatable bonds is 5. The number of anilines is 1. The van der Waals surface area contributed by atoms with Gasteiger partial charge in [-0.25, -0.2) is 0 Å². The molecule has 1 aromatic carbocycles. The zero-order valence-electron chi connectivity index (χ0n) is 10.1. The minimum Gasteiger partial charge on any atom is -0.394 e. The first-order valence-corrected chi connectivity index (χ1v) is 6.53. The number of aryl methyl sites for hydroxylation is 1. The molecule has 0 radical (unpaired) electrons. The summed E-state index contributed by atoms with van der Waals surface area (Å²) in [4.78, 5) is 1.12. The lowest BCUT2D eigenvalue weighted by Gasteiger charge is -2.10. The predicted molar refractivity (Wildman–Crippen MR) is 73.9 cm³/mol. The molecule has 5 heteroatoms. The Morgan fingerprint density at radius 1 is 1.39 bits per heavy atom. The highest BCUT2D eigenvalue weighted by atomic mass is 32.1. The molecular formula is C13H16N2O2S. The zero-order chi connectivity index (χ0) is 13.0. The lowest BCUT2D eigenvalue weighted by molar-refractivity contribution is 0.105. The molecule has 4 nitrogen and oxygen atoms in total. The summed E-state index contributed by atoms with van der Waals surface area (Å²) in [5.74, 6) is 0. The van der Waals surface area contributed by atoms with Crippen molar-refractivity contribution in [3.05, 3.63) is 36.0 Å². The Morgan fingerprint density at radius 2 is 2.22 bits per heavy atom. The minimum atomic E-state index is -0.737. The Labute approximate surface area is 110 Å². The molecule has 1 atom stereocenters. The Balaban J connectivity index is 2.10.